The maximum absolute atomic E-state index is 13.8. The van der Waals surface area contributed by atoms with Crippen LogP contribution in [0.25, 0.3) is 0 Å². The van der Waals surface area contributed by atoms with E-state index in [1.54, 1.807) is 0 Å². The van der Waals surface area contributed by atoms with Gasteiger partial charge in [-0.3, -0.25) is 4.90 Å². The van der Waals surface area contributed by atoms with Crippen molar-refractivity contribution in [3.63, 3.8) is 0 Å². The molecule has 2 rings (SSSR count). The second kappa shape index (κ2) is 7.36. The van der Waals surface area contributed by atoms with Crippen molar-refractivity contribution in [2.75, 3.05) is 25.0 Å². The second-order valence-electron chi connectivity index (χ2n) is 5.75. The molecule has 0 saturated carbocycles. The molecule has 0 amide bonds. The van der Waals surface area contributed by atoms with E-state index in [1.807, 2.05) is 0 Å². The first-order chi connectivity index (χ1) is 9.95. The van der Waals surface area contributed by atoms with Crippen LogP contribution in [0.3, 0.4) is 0 Å². The minimum absolute atomic E-state index is 0.155. The Morgan fingerprint density at radius 3 is 2.57 bits per heavy atom. The van der Waals surface area contributed by atoms with Crippen molar-refractivity contribution >= 4 is 21.6 Å². The molecule has 0 unspecified atom stereocenters. The largest absolute Gasteiger partial charge is 0.380 e. The molecular formula is C16H21BrF2N2. The van der Waals surface area contributed by atoms with E-state index in [4.69, 9.17) is 0 Å². The van der Waals surface area contributed by atoms with Crippen molar-refractivity contribution in [3.05, 3.63) is 39.9 Å². The summed E-state index contributed by atoms with van der Waals surface area (Å²) in [5, 5.41) is 3.12. The van der Waals surface area contributed by atoms with Gasteiger partial charge < -0.3 is 5.32 Å². The van der Waals surface area contributed by atoms with Gasteiger partial charge >= 0.3 is 0 Å². The van der Waals surface area contributed by atoms with Crippen molar-refractivity contribution in [1.82, 2.24) is 4.90 Å². The van der Waals surface area contributed by atoms with Crippen molar-refractivity contribution in [1.29, 1.82) is 0 Å². The van der Waals surface area contributed by atoms with E-state index in [2.05, 4.69) is 46.1 Å². The molecular weight excluding hydrogens is 338 g/mol. The minimum Gasteiger partial charge on any atom is -0.380 e. The van der Waals surface area contributed by atoms with Gasteiger partial charge in [0.15, 0.2) is 0 Å². The lowest BCUT2D eigenvalue weighted by Crippen LogP contribution is -2.39. The summed E-state index contributed by atoms with van der Waals surface area (Å²) in [5.41, 5.74) is 1.57. The molecule has 1 aliphatic heterocycles. The first-order valence-corrected chi connectivity index (χ1v) is 8.02. The monoisotopic (exact) mass is 358 g/mol. The van der Waals surface area contributed by atoms with Gasteiger partial charge in [-0.2, -0.15) is 0 Å². The van der Waals surface area contributed by atoms with E-state index in [9.17, 15) is 8.78 Å². The van der Waals surface area contributed by atoms with Gasteiger partial charge in [-0.15, -0.1) is 0 Å². The molecule has 1 aromatic carbocycles. The second-order valence-corrected chi connectivity index (χ2v) is 6.60. The van der Waals surface area contributed by atoms with Crippen LogP contribution in [-0.2, 0) is 0 Å². The fourth-order valence-electron chi connectivity index (χ4n) is 2.42. The summed E-state index contributed by atoms with van der Waals surface area (Å²) < 4.78 is 27.4. The zero-order valence-corrected chi connectivity index (χ0v) is 14.0. The van der Waals surface area contributed by atoms with Crippen LogP contribution in [0.5, 0.6) is 0 Å². The highest BCUT2D eigenvalue weighted by Crippen LogP contribution is 2.25. The molecule has 116 valence electrons. The topological polar surface area (TPSA) is 15.3 Å². The molecule has 2 nitrogen and oxygen atoms in total. The maximum atomic E-state index is 13.8. The summed E-state index contributed by atoms with van der Waals surface area (Å²) in [7, 11) is 0. The molecule has 1 fully saturated rings. The summed E-state index contributed by atoms with van der Waals surface area (Å²) in [6.07, 6.45) is 4.10. The normalized spacial score (nSPS) is 16.8. The number of halogens is 3. The zero-order chi connectivity index (χ0) is 15.4. The van der Waals surface area contributed by atoms with Crippen LogP contribution in [0.2, 0.25) is 0 Å². The molecule has 0 radical (unpaired) electrons. The predicted octanol–water partition coefficient (Wildman–Crippen LogP) is 4.57. The van der Waals surface area contributed by atoms with Crippen LogP contribution >= 0.6 is 15.9 Å². The van der Waals surface area contributed by atoms with E-state index >= 15 is 0 Å². The fraction of sp³-hybridized carbons (Fsp3) is 0.500. The number of nitrogens with one attached hydrogen (secondary N) is 1. The lowest BCUT2D eigenvalue weighted by atomic mass is 10.0. The lowest BCUT2D eigenvalue weighted by molar-refractivity contribution is 0.239. The minimum atomic E-state index is -0.445. The first-order valence-electron chi connectivity index (χ1n) is 7.22. The molecule has 0 atom stereocenters. The van der Waals surface area contributed by atoms with E-state index in [0.29, 0.717) is 0 Å². The zero-order valence-electron chi connectivity index (χ0n) is 12.4. The van der Waals surface area contributed by atoms with Gasteiger partial charge in [0.05, 0.1) is 10.2 Å². The third-order valence-electron chi connectivity index (χ3n) is 3.71. The Balaban J connectivity index is 1.89. The highest BCUT2D eigenvalue weighted by atomic mass is 79.9. The van der Waals surface area contributed by atoms with Crippen LogP contribution in [0.1, 0.15) is 26.7 Å². The van der Waals surface area contributed by atoms with Crippen molar-refractivity contribution in [2.45, 2.75) is 32.7 Å². The average molecular weight is 359 g/mol. The molecule has 1 heterocycles. The number of anilines is 1. The Hall–Kier alpha value is -0.940. The summed E-state index contributed by atoms with van der Waals surface area (Å²) in [6, 6.07) is 2.58. The van der Waals surface area contributed by atoms with Crippen molar-refractivity contribution in [3.8, 4) is 0 Å². The summed E-state index contributed by atoms with van der Waals surface area (Å²) >= 11 is 2.99. The smallest absolute Gasteiger partial charge is 0.147 e. The number of nitrogens with zero attached hydrogens (tertiary/aromatic N) is 1. The third-order valence-corrected chi connectivity index (χ3v) is 4.32. The molecule has 5 heteroatoms. The number of rotatable bonds is 4. The van der Waals surface area contributed by atoms with Crippen LogP contribution in [0.4, 0.5) is 14.5 Å². The number of likely N-dealkylation sites (tertiary alicyclic amines) is 1. The SMILES string of the molecule is CC(C)=CCN1CCC(Nc2cc(F)c(Br)cc2F)CC1. The summed E-state index contributed by atoms with van der Waals surface area (Å²) in [5.74, 6) is -0.866. The molecule has 0 aliphatic carbocycles. The molecule has 0 aromatic heterocycles. The van der Waals surface area contributed by atoms with Crippen LogP contribution in [-0.4, -0.2) is 30.6 Å². The van der Waals surface area contributed by atoms with Crippen molar-refractivity contribution in [2.24, 2.45) is 0 Å². The molecule has 0 spiro atoms. The molecule has 21 heavy (non-hydrogen) atoms. The van der Waals surface area contributed by atoms with Crippen LogP contribution in [0.15, 0.2) is 28.3 Å². The Morgan fingerprint density at radius 1 is 1.29 bits per heavy atom. The van der Waals surface area contributed by atoms with Gasteiger partial charge in [-0.25, -0.2) is 8.78 Å². The quantitative estimate of drug-likeness (QED) is 0.626. The van der Waals surface area contributed by atoms with E-state index < -0.39 is 11.6 Å². The fourth-order valence-corrected chi connectivity index (χ4v) is 2.74. The summed E-state index contributed by atoms with van der Waals surface area (Å²) in [6.45, 7) is 7.11. The van der Waals surface area contributed by atoms with Gasteiger partial charge in [0.1, 0.15) is 11.6 Å². The van der Waals surface area contributed by atoms with Gasteiger partial charge in [-0.1, -0.05) is 11.6 Å². The summed E-state index contributed by atoms with van der Waals surface area (Å²) in [4.78, 5) is 2.38. The third kappa shape index (κ3) is 4.78. The Morgan fingerprint density at radius 2 is 1.95 bits per heavy atom. The Labute approximate surface area is 133 Å². The number of allylic oxidation sites excluding steroid dienone is 1. The number of hydrogen-bond donors (Lipinski definition) is 1. The molecule has 1 N–H and O–H groups in total. The van der Waals surface area contributed by atoms with E-state index in [1.165, 1.54) is 17.7 Å². The molecule has 0 bridgehead atoms. The van der Waals surface area contributed by atoms with Gasteiger partial charge in [-0.05, 0) is 48.7 Å². The van der Waals surface area contributed by atoms with Gasteiger partial charge in [0.2, 0.25) is 0 Å². The van der Waals surface area contributed by atoms with Crippen molar-refractivity contribution < 1.29 is 8.78 Å². The number of benzene rings is 1. The van der Waals surface area contributed by atoms with E-state index in [0.717, 1.165) is 32.5 Å². The van der Waals surface area contributed by atoms with Crippen LogP contribution < -0.4 is 5.32 Å². The molecule has 1 aromatic rings. The average Bonchev–Trinajstić information content (AvgIpc) is 2.44. The van der Waals surface area contributed by atoms with E-state index in [-0.39, 0.29) is 16.2 Å². The van der Waals surface area contributed by atoms with Gasteiger partial charge in [0.25, 0.3) is 0 Å². The standard InChI is InChI=1S/C16H21BrF2N2/c1-11(2)3-6-21-7-4-12(5-8-21)20-16-10-14(18)13(17)9-15(16)19/h3,9-10,12,20H,4-8H2,1-2H3. The molecule has 1 aliphatic rings. The highest BCUT2D eigenvalue weighted by molar-refractivity contribution is 9.10. The van der Waals surface area contributed by atoms with Gasteiger partial charge in [0, 0.05) is 31.7 Å². The highest BCUT2D eigenvalue weighted by Gasteiger charge is 2.19. The van der Waals surface area contributed by atoms with Crippen LogP contribution in [0, 0.1) is 11.6 Å². The maximum Gasteiger partial charge on any atom is 0.147 e. The molecule has 1 saturated heterocycles. The number of piperidine rings is 1. The number of hydrogen-bond acceptors (Lipinski definition) is 2. The first kappa shape index (κ1) is 16.4. The lowest BCUT2D eigenvalue weighted by Gasteiger charge is -2.32. The predicted molar refractivity (Wildman–Crippen MR) is 86.6 cm³/mol. The Bertz CT molecular complexity index is 519. The Kier molecular flexibility index (Phi) is 5.76.